The first-order valence-corrected chi connectivity index (χ1v) is 10.4. The molecule has 2 heterocycles. The average molecular weight is 414 g/mol. The van der Waals surface area contributed by atoms with Gasteiger partial charge in [0.15, 0.2) is 5.82 Å². The highest BCUT2D eigenvalue weighted by molar-refractivity contribution is 7.71. The predicted molar refractivity (Wildman–Crippen MR) is 117 cm³/mol. The van der Waals surface area contributed by atoms with Gasteiger partial charge >= 0.3 is 0 Å². The fourth-order valence-electron chi connectivity index (χ4n) is 3.53. The summed E-state index contributed by atoms with van der Waals surface area (Å²) in [6.07, 6.45) is 0. The molecule has 0 spiro atoms. The number of rotatable bonds is 5. The molecule has 0 aliphatic carbocycles. The second-order valence-electron chi connectivity index (χ2n) is 6.98. The number of hydrogen-bond donors (Lipinski definition) is 0. The lowest BCUT2D eigenvalue weighted by Crippen LogP contribution is -2.46. The van der Waals surface area contributed by atoms with E-state index in [2.05, 4.69) is 28.9 Å². The summed E-state index contributed by atoms with van der Waals surface area (Å²) in [6.45, 7) is 8.27. The molecule has 0 atom stereocenters. The Balaban J connectivity index is 1.70. The summed E-state index contributed by atoms with van der Waals surface area (Å²) in [4.78, 5) is 4.88. The van der Waals surface area contributed by atoms with Crippen LogP contribution in [0.4, 0.5) is 0 Å². The van der Waals surface area contributed by atoms with Crippen molar-refractivity contribution in [3.8, 4) is 17.1 Å². The number of para-hydroxylation sites is 1. The highest BCUT2D eigenvalue weighted by atomic mass is 35.5. The van der Waals surface area contributed by atoms with Crippen LogP contribution in [0.25, 0.3) is 17.1 Å². The van der Waals surface area contributed by atoms with Gasteiger partial charge in [-0.2, -0.15) is 0 Å². The average Bonchev–Trinajstić information content (AvgIpc) is 3.06. The molecule has 0 unspecified atom stereocenters. The molecule has 28 heavy (non-hydrogen) atoms. The van der Waals surface area contributed by atoms with Crippen LogP contribution in [0.15, 0.2) is 54.6 Å². The lowest BCUT2D eigenvalue weighted by atomic mass is 10.2. The smallest absolute Gasteiger partial charge is 0.204 e. The van der Waals surface area contributed by atoms with Gasteiger partial charge in [0.25, 0.3) is 0 Å². The topological polar surface area (TPSA) is 29.2 Å². The van der Waals surface area contributed by atoms with E-state index in [1.54, 1.807) is 0 Å². The molecule has 0 amide bonds. The Morgan fingerprint density at radius 1 is 0.929 bits per heavy atom. The molecule has 0 radical (unpaired) electrons. The molecule has 2 aromatic carbocycles. The van der Waals surface area contributed by atoms with E-state index >= 15 is 0 Å². The van der Waals surface area contributed by atoms with E-state index < -0.39 is 0 Å². The lowest BCUT2D eigenvalue weighted by Gasteiger charge is -2.33. The van der Waals surface area contributed by atoms with Gasteiger partial charge in [0.1, 0.15) is 0 Å². The van der Waals surface area contributed by atoms with Gasteiger partial charge in [-0.05, 0) is 55.2 Å². The van der Waals surface area contributed by atoms with Crippen molar-refractivity contribution in [2.45, 2.75) is 13.6 Å². The summed E-state index contributed by atoms with van der Waals surface area (Å²) >= 11 is 11.9. The van der Waals surface area contributed by atoms with Gasteiger partial charge in [0.05, 0.1) is 6.67 Å². The third-order valence-corrected chi connectivity index (χ3v) is 5.85. The molecule has 5 nitrogen and oxygen atoms in total. The lowest BCUT2D eigenvalue weighted by molar-refractivity contribution is 0.106. The number of halogens is 1. The summed E-state index contributed by atoms with van der Waals surface area (Å²) < 4.78 is 4.68. The van der Waals surface area contributed by atoms with E-state index in [9.17, 15) is 0 Å². The normalized spacial score (nSPS) is 15.8. The number of piperazine rings is 1. The number of benzene rings is 2. The molecule has 146 valence electrons. The van der Waals surface area contributed by atoms with Crippen LogP contribution in [-0.2, 0) is 6.67 Å². The van der Waals surface area contributed by atoms with Crippen molar-refractivity contribution in [2.24, 2.45) is 0 Å². The molecule has 1 aliphatic rings. The minimum atomic E-state index is 0.703. The van der Waals surface area contributed by atoms with Crippen LogP contribution >= 0.6 is 23.8 Å². The van der Waals surface area contributed by atoms with Gasteiger partial charge < -0.3 is 4.90 Å². The van der Waals surface area contributed by atoms with Crippen LogP contribution in [0.3, 0.4) is 0 Å². The van der Waals surface area contributed by atoms with E-state index in [0.29, 0.717) is 16.5 Å². The van der Waals surface area contributed by atoms with Gasteiger partial charge in [-0.15, -0.1) is 5.10 Å². The number of nitrogens with zero attached hydrogens (tertiary/aromatic N) is 5. The maximum Gasteiger partial charge on any atom is 0.204 e. The Morgan fingerprint density at radius 2 is 1.57 bits per heavy atom. The first-order valence-electron chi connectivity index (χ1n) is 9.61. The summed E-state index contributed by atoms with van der Waals surface area (Å²) in [5.74, 6) is 0.833. The summed E-state index contributed by atoms with van der Waals surface area (Å²) in [6, 6.07) is 17.9. The van der Waals surface area contributed by atoms with Crippen molar-refractivity contribution in [1.82, 2.24) is 24.1 Å². The van der Waals surface area contributed by atoms with Crippen molar-refractivity contribution < 1.29 is 0 Å². The Labute approximate surface area is 175 Å². The molecule has 1 aromatic heterocycles. The van der Waals surface area contributed by atoms with E-state index in [4.69, 9.17) is 28.9 Å². The fraction of sp³-hybridized carbons (Fsp3) is 0.333. The predicted octanol–water partition coefficient (Wildman–Crippen LogP) is 4.32. The molecule has 0 saturated carbocycles. The summed E-state index contributed by atoms with van der Waals surface area (Å²) in [5.41, 5.74) is 2.01. The molecular formula is C21H24ClN5S. The Bertz CT molecular complexity index is 972. The molecule has 0 N–H and O–H groups in total. The van der Waals surface area contributed by atoms with Crippen molar-refractivity contribution >= 4 is 23.8 Å². The van der Waals surface area contributed by atoms with Gasteiger partial charge in [-0.25, -0.2) is 4.68 Å². The van der Waals surface area contributed by atoms with Crippen LogP contribution in [0.1, 0.15) is 6.92 Å². The van der Waals surface area contributed by atoms with E-state index in [0.717, 1.165) is 49.8 Å². The van der Waals surface area contributed by atoms with Crippen molar-refractivity contribution in [2.75, 3.05) is 32.7 Å². The molecule has 1 saturated heterocycles. The fourth-order valence-corrected chi connectivity index (χ4v) is 3.95. The van der Waals surface area contributed by atoms with Crippen LogP contribution in [0, 0.1) is 4.77 Å². The SMILES string of the molecule is CCN1CCN(Cn2nc(-c3ccc(Cl)cc3)n(-c3ccccc3)c2=S)CC1. The molecule has 1 fully saturated rings. The molecule has 0 bridgehead atoms. The maximum absolute atomic E-state index is 6.08. The zero-order valence-corrected chi connectivity index (χ0v) is 17.5. The molecule has 3 aromatic rings. The van der Waals surface area contributed by atoms with Gasteiger partial charge in [-0.3, -0.25) is 9.47 Å². The van der Waals surface area contributed by atoms with Crippen LogP contribution < -0.4 is 0 Å². The van der Waals surface area contributed by atoms with Gasteiger partial charge in [-0.1, -0.05) is 36.7 Å². The van der Waals surface area contributed by atoms with Crippen LogP contribution in [0.5, 0.6) is 0 Å². The first kappa shape index (κ1) is 19.3. The quantitative estimate of drug-likeness (QED) is 0.582. The van der Waals surface area contributed by atoms with Crippen molar-refractivity contribution in [3.05, 3.63) is 64.4 Å². The largest absolute Gasteiger partial charge is 0.301 e. The molecule has 1 aliphatic heterocycles. The van der Waals surface area contributed by atoms with Crippen molar-refractivity contribution in [1.29, 1.82) is 0 Å². The Kier molecular flexibility index (Phi) is 5.92. The van der Waals surface area contributed by atoms with Gasteiger partial charge in [0, 0.05) is 42.5 Å². The summed E-state index contributed by atoms with van der Waals surface area (Å²) in [7, 11) is 0. The number of aromatic nitrogens is 3. The van der Waals surface area contributed by atoms with Crippen molar-refractivity contribution in [3.63, 3.8) is 0 Å². The minimum absolute atomic E-state index is 0.703. The maximum atomic E-state index is 6.08. The summed E-state index contributed by atoms with van der Waals surface area (Å²) in [5, 5.41) is 5.61. The Morgan fingerprint density at radius 3 is 2.21 bits per heavy atom. The number of likely N-dealkylation sites (N-methyl/N-ethyl adjacent to an activating group) is 1. The van der Waals surface area contributed by atoms with Crippen LogP contribution in [-0.4, -0.2) is 56.9 Å². The number of hydrogen-bond acceptors (Lipinski definition) is 4. The monoisotopic (exact) mass is 413 g/mol. The van der Waals surface area contributed by atoms with E-state index in [1.807, 2.05) is 51.7 Å². The van der Waals surface area contributed by atoms with E-state index in [1.165, 1.54) is 0 Å². The zero-order valence-electron chi connectivity index (χ0n) is 16.0. The minimum Gasteiger partial charge on any atom is -0.301 e. The third kappa shape index (κ3) is 4.05. The molecule has 4 rings (SSSR count). The van der Waals surface area contributed by atoms with Gasteiger partial charge in [0.2, 0.25) is 4.77 Å². The molecular weight excluding hydrogens is 390 g/mol. The second-order valence-corrected chi connectivity index (χ2v) is 7.78. The Hall–Kier alpha value is -1.99. The highest BCUT2D eigenvalue weighted by Crippen LogP contribution is 2.24. The second kappa shape index (κ2) is 8.57. The standard InChI is InChI=1S/C21H24ClN5S/c1-2-24-12-14-25(15-13-24)16-26-21(28)27(19-6-4-3-5-7-19)20(23-26)17-8-10-18(22)11-9-17/h3-11H,2,12-16H2,1H3. The van der Waals surface area contributed by atoms with Crippen LogP contribution in [0.2, 0.25) is 5.02 Å². The third-order valence-electron chi connectivity index (χ3n) is 5.20. The molecule has 7 heteroatoms. The van der Waals surface area contributed by atoms with E-state index in [-0.39, 0.29) is 0 Å². The first-order chi connectivity index (χ1) is 13.7. The zero-order chi connectivity index (χ0) is 19.5. The highest BCUT2D eigenvalue weighted by Gasteiger charge is 2.19.